The SMILES string of the molecule is CC(=O)O[C@@H](C(=O)N1c2ccc(C)cc2[C@@H](c2ccccc2)C[C@@H]1C)c1ccccc1. The predicted octanol–water partition coefficient (Wildman–Crippen LogP) is 5.56. The molecule has 1 aliphatic heterocycles. The quantitative estimate of drug-likeness (QED) is 0.526. The van der Waals surface area contributed by atoms with Crippen LogP contribution in [0.3, 0.4) is 0 Å². The van der Waals surface area contributed by atoms with E-state index in [0.717, 1.165) is 23.2 Å². The van der Waals surface area contributed by atoms with Crippen molar-refractivity contribution < 1.29 is 14.3 Å². The molecule has 4 nitrogen and oxygen atoms in total. The molecule has 3 aromatic carbocycles. The highest BCUT2D eigenvalue weighted by molar-refractivity contribution is 6.00. The number of aryl methyl sites for hydroxylation is 1. The van der Waals surface area contributed by atoms with E-state index in [0.29, 0.717) is 5.56 Å². The largest absolute Gasteiger partial charge is 0.447 e. The molecule has 4 heteroatoms. The zero-order valence-electron chi connectivity index (χ0n) is 18.1. The number of rotatable bonds is 4. The van der Waals surface area contributed by atoms with E-state index in [1.54, 1.807) is 0 Å². The van der Waals surface area contributed by atoms with Crippen molar-refractivity contribution in [3.8, 4) is 0 Å². The van der Waals surface area contributed by atoms with E-state index in [-0.39, 0.29) is 17.9 Å². The fraction of sp³-hybridized carbons (Fsp3) is 0.259. The van der Waals surface area contributed by atoms with Crippen molar-refractivity contribution in [1.29, 1.82) is 0 Å². The van der Waals surface area contributed by atoms with E-state index in [1.807, 2.05) is 53.4 Å². The van der Waals surface area contributed by atoms with Gasteiger partial charge in [0, 0.05) is 30.1 Å². The summed E-state index contributed by atoms with van der Waals surface area (Å²) in [5.41, 5.74) is 5.09. The molecule has 0 radical (unpaired) electrons. The molecule has 3 aromatic rings. The van der Waals surface area contributed by atoms with Gasteiger partial charge in [0.25, 0.3) is 5.91 Å². The summed E-state index contributed by atoms with van der Waals surface area (Å²) in [6.45, 7) is 5.47. The van der Waals surface area contributed by atoms with Gasteiger partial charge in [-0.25, -0.2) is 0 Å². The second-order valence-electron chi connectivity index (χ2n) is 8.22. The monoisotopic (exact) mass is 413 g/mol. The Balaban J connectivity index is 1.78. The summed E-state index contributed by atoms with van der Waals surface area (Å²) in [5.74, 6) is -0.484. The topological polar surface area (TPSA) is 46.6 Å². The van der Waals surface area contributed by atoms with Crippen LogP contribution >= 0.6 is 0 Å². The first-order valence-corrected chi connectivity index (χ1v) is 10.7. The van der Waals surface area contributed by atoms with Crippen LogP contribution in [0.2, 0.25) is 0 Å². The zero-order chi connectivity index (χ0) is 22.0. The van der Waals surface area contributed by atoms with Crippen LogP contribution in [0.5, 0.6) is 0 Å². The van der Waals surface area contributed by atoms with E-state index in [1.165, 1.54) is 12.5 Å². The highest BCUT2D eigenvalue weighted by Gasteiger charge is 2.38. The lowest BCUT2D eigenvalue weighted by Gasteiger charge is -2.41. The predicted molar refractivity (Wildman–Crippen MR) is 122 cm³/mol. The Labute approximate surface area is 183 Å². The van der Waals surface area contributed by atoms with E-state index in [9.17, 15) is 9.59 Å². The van der Waals surface area contributed by atoms with Gasteiger partial charge in [-0.2, -0.15) is 0 Å². The van der Waals surface area contributed by atoms with Gasteiger partial charge in [-0.3, -0.25) is 9.59 Å². The molecule has 0 spiro atoms. The number of carbonyl (C=O) groups is 2. The summed E-state index contributed by atoms with van der Waals surface area (Å²) < 4.78 is 5.52. The first-order chi connectivity index (χ1) is 15.0. The number of nitrogens with zero attached hydrogens (tertiary/aromatic N) is 1. The molecule has 1 amide bonds. The number of hydrogen-bond donors (Lipinski definition) is 0. The lowest BCUT2D eigenvalue weighted by Crippen LogP contribution is -2.46. The fourth-order valence-corrected chi connectivity index (χ4v) is 4.50. The smallest absolute Gasteiger partial charge is 0.303 e. The standard InChI is InChI=1S/C27H27NO3/c1-18-14-15-25-24(16-18)23(21-10-6-4-7-11-21)17-19(2)28(25)27(30)26(31-20(3)29)22-12-8-5-9-13-22/h4-16,19,23,26H,17H2,1-3H3/t19-,23+,26+/m0/s1. The van der Waals surface area contributed by atoms with Gasteiger partial charge >= 0.3 is 5.97 Å². The second kappa shape index (κ2) is 8.76. The van der Waals surface area contributed by atoms with Gasteiger partial charge < -0.3 is 9.64 Å². The van der Waals surface area contributed by atoms with Crippen LogP contribution in [0, 0.1) is 6.92 Å². The maximum absolute atomic E-state index is 13.8. The lowest BCUT2D eigenvalue weighted by molar-refractivity contribution is -0.153. The summed E-state index contributed by atoms with van der Waals surface area (Å²) in [7, 11) is 0. The molecule has 0 bridgehead atoms. The van der Waals surface area contributed by atoms with Crippen molar-refractivity contribution in [2.45, 2.75) is 45.3 Å². The Kier molecular flexibility index (Phi) is 5.90. The van der Waals surface area contributed by atoms with E-state index in [4.69, 9.17) is 4.74 Å². The van der Waals surface area contributed by atoms with Gasteiger partial charge in [0.2, 0.25) is 6.10 Å². The van der Waals surface area contributed by atoms with Gasteiger partial charge in [-0.15, -0.1) is 0 Å². The minimum absolute atomic E-state index is 0.0466. The van der Waals surface area contributed by atoms with E-state index < -0.39 is 12.1 Å². The van der Waals surface area contributed by atoms with Gasteiger partial charge in [0.05, 0.1) is 0 Å². The summed E-state index contributed by atoms with van der Waals surface area (Å²) in [4.78, 5) is 27.4. The molecule has 31 heavy (non-hydrogen) atoms. The van der Waals surface area contributed by atoms with Crippen LogP contribution in [-0.4, -0.2) is 17.9 Å². The number of hydrogen-bond acceptors (Lipinski definition) is 3. The van der Waals surface area contributed by atoms with Crippen LogP contribution in [0.15, 0.2) is 78.9 Å². The van der Waals surface area contributed by atoms with Crippen molar-refractivity contribution in [2.75, 3.05) is 4.90 Å². The molecular weight excluding hydrogens is 386 g/mol. The molecule has 4 rings (SSSR count). The normalized spacial score (nSPS) is 18.7. The summed E-state index contributed by atoms with van der Waals surface area (Å²) >= 11 is 0. The maximum Gasteiger partial charge on any atom is 0.303 e. The molecule has 0 aromatic heterocycles. The number of anilines is 1. The van der Waals surface area contributed by atoms with Crippen molar-refractivity contribution in [1.82, 2.24) is 0 Å². The number of benzene rings is 3. The van der Waals surface area contributed by atoms with Crippen LogP contribution in [0.1, 0.15) is 54.5 Å². The lowest BCUT2D eigenvalue weighted by atomic mass is 9.80. The Morgan fingerprint density at radius 3 is 2.26 bits per heavy atom. The molecule has 1 aliphatic rings. The Morgan fingerprint density at radius 1 is 0.968 bits per heavy atom. The van der Waals surface area contributed by atoms with Crippen molar-refractivity contribution in [2.24, 2.45) is 0 Å². The third kappa shape index (κ3) is 4.24. The molecule has 0 N–H and O–H groups in total. The summed E-state index contributed by atoms with van der Waals surface area (Å²) in [6, 6.07) is 25.8. The second-order valence-corrected chi connectivity index (χ2v) is 8.22. The van der Waals surface area contributed by atoms with Crippen LogP contribution < -0.4 is 4.90 Å². The first kappa shape index (κ1) is 20.9. The number of amides is 1. The Morgan fingerprint density at radius 2 is 1.61 bits per heavy atom. The molecular formula is C27H27NO3. The highest BCUT2D eigenvalue weighted by Crippen LogP contribution is 2.43. The van der Waals surface area contributed by atoms with E-state index in [2.05, 4.69) is 44.2 Å². The van der Waals surface area contributed by atoms with Crippen molar-refractivity contribution in [3.05, 3.63) is 101 Å². The first-order valence-electron chi connectivity index (χ1n) is 10.7. The van der Waals surface area contributed by atoms with Gasteiger partial charge in [-0.05, 0) is 37.5 Å². The zero-order valence-corrected chi connectivity index (χ0v) is 18.1. The summed E-state index contributed by atoms with van der Waals surface area (Å²) in [6.07, 6.45) is -0.170. The highest BCUT2D eigenvalue weighted by atomic mass is 16.5. The molecule has 158 valence electrons. The van der Waals surface area contributed by atoms with Crippen LogP contribution in [0.25, 0.3) is 0 Å². The third-order valence-corrected chi connectivity index (χ3v) is 5.89. The van der Waals surface area contributed by atoms with Gasteiger partial charge in [-0.1, -0.05) is 78.4 Å². The Bertz CT molecular complexity index is 1080. The molecule has 0 fully saturated rings. The number of esters is 1. The molecule has 0 saturated carbocycles. The fourth-order valence-electron chi connectivity index (χ4n) is 4.50. The third-order valence-electron chi connectivity index (χ3n) is 5.89. The van der Waals surface area contributed by atoms with Crippen LogP contribution in [-0.2, 0) is 14.3 Å². The molecule has 0 aliphatic carbocycles. The number of carbonyl (C=O) groups excluding carboxylic acids is 2. The number of fused-ring (bicyclic) bond motifs is 1. The molecule has 3 atom stereocenters. The van der Waals surface area contributed by atoms with Crippen molar-refractivity contribution >= 4 is 17.6 Å². The van der Waals surface area contributed by atoms with Crippen molar-refractivity contribution in [3.63, 3.8) is 0 Å². The average Bonchev–Trinajstić information content (AvgIpc) is 2.78. The number of ether oxygens (including phenoxy) is 1. The summed E-state index contributed by atoms with van der Waals surface area (Å²) in [5, 5.41) is 0. The Hall–Kier alpha value is -3.40. The minimum atomic E-state index is -0.969. The molecule has 0 saturated heterocycles. The van der Waals surface area contributed by atoms with Gasteiger partial charge in [0.15, 0.2) is 0 Å². The van der Waals surface area contributed by atoms with Gasteiger partial charge in [0.1, 0.15) is 0 Å². The minimum Gasteiger partial charge on any atom is -0.447 e. The molecule has 0 unspecified atom stereocenters. The van der Waals surface area contributed by atoms with E-state index >= 15 is 0 Å². The molecule has 1 heterocycles. The maximum atomic E-state index is 13.8. The van der Waals surface area contributed by atoms with Crippen LogP contribution in [0.4, 0.5) is 5.69 Å². The average molecular weight is 414 g/mol.